The van der Waals surface area contributed by atoms with Crippen molar-refractivity contribution in [3.05, 3.63) is 54.1 Å². The van der Waals surface area contributed by atoms with Gasteiger partial charge in [0.15, 0.2) is 0 Å². The topological polar surface area (TPSA) is 41.6 Å². The van der Waals surface area contributed by atoms with E-state index in [1.807, 2.05) is 50.5 Å². The summed E-state index contributed by atoms with van der Waals surface area (Å²) in [6, 6.07) is 16.0. The van der Waals surface area contributed by atoms with Gasteiger partial charge in [0.2, 0.25) is 0 Å². The predicted octanol–water partition coefficient (Wildman–Crippen LogP) is 5.63. The van der Waals surface area contributed by atoms with Crippen LogP contribution in [0.2, 0.25) is 0 Å². The van der Waals surface area contributed by atoms with Gasteiger partial charge in [-0.15, -0.1) is 0 Å². The van der Waals surface area contributed by atoms with Crippen molar-refractivity contribution in [3.8, 4) is 16.9 Å². The molecule has 0 bridgehead atoms. The van der Waals surface area contributed by atoms with E-state index in [1.54, 1.807) is 0 Å². The van der Waals surface area contributed by atoms with Crippen molar-refractivity contribution >= 4 is 5.91 Å². The van der Waals surface area contributed by atoms with E-state index in [9.17, 15) is 4.79 Å². The number of likely N-dealkylation sites (N-methyl/N-ethyl adjacent to an activating group) is 1. The van der Waals surface area contributed by atoms with Gasteiger partial charge < -0.3 is 15.0 Å². The van der Waals surface area contributed by atoms with Gasteiger partial charge in [0, 0.05) is 18.7 Å². The molecule has 1 aliphatic rings. The lowest BCUT2D eigenvalue weighted by atomic mass is 9.82. The van der Waals surface area contributed by atoms with E-state index in [0.717, 1.165) is 30.0 Å². The van der Waals surface area contributed by atoms with Crippen LogP contribution in [0, 0.1) is 11.3 Å². The zero-order chi connectivity index (χ0) is 22.6. The fourth-order valence-corrected chi connectivity index (χ4v) is 4.74. The van der Waals surface area contributed by atoms with Crippen molar-refractivity contribution in [2.24, 2.45) is 11.3 Å². The van der Waals surface area contributed by atoms with Gasteiger partial charge in [0.1, 0.15) is 11.4 Å². The molecule has 2 aromatic carbocycles. The third kappa shape index (κ3) is 6.33. The second-order valence-corrected chi connectivity index (χ2v) is 10.5. The number of benzene rings is 2. The van der Waals surface area contributed by atoms with Crippen molar-refractivity contribution in [1.29, 1.82) is 0 Å². The fraction of sp³-hybridized carbons (Fsp3) is 0.519. The Balaban J connectivity index is 1.59. The number of carbonyl (C=O) groups excluding carboxylic acids is 1. The normalized spacial score (nSPS) is 18.2. The van der Waals surface area contributed by atoms with Gasteiger partial charge in [-0.3, -0.25) is 4.79 Å². The summed E-state index contributed by atoms with van der Waals surface area (Å²) < 4.78 is 6.14. The molecule has 0 spiro atoms. The summed E-state index contributed by atoms with van der Waals surface area (Å²) in [6.07, 6.45) is 3.72. The fourth-order valence-electron chi connectivity index (χ4n) is 4.74. The highest BCUT2D eigenvalue weighted by Gasteiger charge is 2.34. The lowest BCUT2D eigenvalue weighted by Crippen LogP contribution is -2.39. The summed E-state index contributed by atoms with van der Waals surface area (Å²) >= 11 is 0. The maximum Gasteiger partial charge on any atom is 0.251 e. The largest absolute Gasteiger partial charge is 0.487 e. The lowest BCUT2D eigenvalue weighted by molar-refractivity contribution is 0.0775. The van der Waals surface area contributed by atoms with Gasteiger partial charge in [-0.1, -0.05) is 44.5 Å². The average Bonchev–Trinajstić information content (AvgIpc) is 3.03. The molecule has 1 fully saturated rings. The molecule has 168 valence electrons. The number of nitrogens with zero attached hydrogens (tertiary/aromatic N) is 1. The van der Waals surface area contributed by atoms with Crippen LogP contribution in [0.15, 0.2) is 48.5 Å². The van der Waals surface area contributed by atoms with E-state index >= 15 is 0 Å². The molecule has 1 amide bonds. The molecule has 2 aromatic rings. The van der Waals surface area contributed by atoms with Crippen LogP contribution < -0.4 is 10.1 Å². The Morgan fingerprint density at radius 1 is 1.06 bits per heavy atom. The number of ether oxygens (including phenoxy) is 1. The van der Waals surface area contributed by atoms with Crippen LogP contribution >= 0.6 is 0 Å². The number of amides is 1. The van der Waals surface area contributed by atoms with E-state index in [-0.39, 0.29) is 11.5 Å². The number of nitrogens with one attached hydrogen (secondary N) is 1. The van der Waals surface area contributed by atoms with E-state index in [1.165, 1.54) is 19.3 Å². The summed E-state index contributed by atoms with van der Waals surface area (Å²) in [5.74, 6) is 1.45. The number of hydrogen-bond acceptors (Lipinski definition) is 3. The van der Waals surface area contributed by atoms with Crippen LogP contribution in [0.3, 0.4) is 0 Å². The second kappa shape index (κ2) is 9.44. The van der Waals surface area contributed by atoms with Crippen LogP contribution in [-0.4, -0.2) is 43.6 Å². The highest BCUT2D eigenvalue weighted by atomic mass is 16.5. The standard InChI is InChI=1S/C27H38N2O2/c1-26(2)17-7-8-23(26)18-28-25(30)22-11-9-20(10-12-22)21-13-15-24(16-14-21)31-27(3,4)19-29(5)6/h9-16,23H,7-8,17-19H2,1-6H3,(H,28,30). The van der Waals surface area contributed by atoms with Gasteiger partial charge in [-0.05, 0) is 87.5 Å². The zero-order valence-electron chi connectivity index (χ0n) is 20.0. The molecule has 1 aliphatic carbocycles. The molecular formula is C27H38N2O2. The molecular weight excluding hydrogens is 384 g/mol. The van der Waals surface area contributed by atoms with Crippen molar-refractivity contribution in [2.75, 3.05) is 27.2 Å². The molecule has 1 N–H and O–H groups in total. The third-order valence-electron chi connectivity index (χ3n) is 6.41. The maximum atomic E-state index is 12.6. The Morgan fingerprint density at radius 3 is 2.16 bits per heavy atom. The Bertz CT molecular complexity index is 867. The monoisotopic (exact) mass is 422 g/mol. The molecule has 0 aliphatic heterocycles. The quantitative estimate of drug-likeness (QED) is 0.599. The second-order valence-electron chi connectivity index (χ2n) is 10.5. The first-order valence-electron chi connectivity index (χ1n) is 11.4. The van der Waals surface area contributed by atoms with E-state index in [4.69, 9.17) is 4.74 Å². The van der Waals surface area contributed by atoms with Crippen molar-refractivity contribution < 1.29 is 9.53 Å². The minimum absolute atomic E-state index is 0.0149. The maximum absolute atomic E-state index is 12.6. The molecule has 3 rings (SSSR count). The number of carbonyl (C=O) groups is 1. The summed E-state index contributed by atoms with van der Waals surface area (Å²) in [7, 11) is 4.10. The first kappa shape index (κ1) is 23.3. The summed E-state index contributed by atoms with van der Waals surface area (Å²) in [5.41, 5.74) is 2.98. The van der Waals surface area contributed by atoms with Gasteiger partial charge in [0.05, 0.1) is 0 Å². The molecule has 4 nitrogen and oxygen atoms in total. The SMILES string of the molecule is CN(C)CC(C)(C)Oc1ccc(-c2ccc(C(=O)NCC3CCCC3(C)C)cc2)cc1. The Labute approximate surface area is 188 Å². The van der Waals surface area contributed by atoms with Crippen LogP contribution in [0.5, 0.6) is 5.75 Å². The molecule has 0 aromatic heterocycles. The Hall–Kier alpha value is -2.33. The highest BCUT2D eigenvalue weighted by Crippen LogP contribution is 2.42. The van der Waals surface area contributed by atoms with Crippen LogP contribution in [0.1, 0.15) is 57.3 Å². The summed E-state index contributed by atoms with van der Waals surface area (Å²) in [4.78, 5) is 14.7. The van der Waals surface area contributed by atoms with Gasteiger partial charge in [-0.25, -0.2) is 0 Å². The Kier molecular flexibility index (Phi) is 7.10. The molecule has 1 saturated carbocycles. The molecule has 31 heavy (non-hydrogen) atoms. The van der Waals surface area contributed by atoms with Gasteiger partial charge in [0.25, 0.3) is 5.91 Å². The summed E-state index contributed by atoms with van der Waals surface area (Å²) in [5, 5.41) is 3.14. The molecule has 0 heterocycles. The third-order valence-corrected chi connectivity index (χ3v) is 6.41. The number of hydrogen-bond donors (Lipinski definition) is 1. The highest BCUT2D eigenvalue weighted by molar-refractivity contribution is 5.94. The molecule has 0 radical (unpaired) electrons. The van der Waals surface area contributed by atoms with Crippen molar-refractivity contribution in [3.63, 3.8) is 0 Å². The molecule has 0 saturated heterocycles. The van der Waals surface area contributed by atoms with E-state index in [2.05, 4.69) is 50.0 Å². The van der Waals surface area contributed by atoms with E-state index < -0.39 is 0 Å². The lowest BCUT2D eigenvalue weighted by Gasteiger charge is -2.29. The Morgan fingerprint density at radius 2 is 1.65 bits per heavy atom. The van der Waals surface area contributed by atoms with Crippen LogP contribution in [0.4, 0.5) is 0 Å². The smallest absolute Gasteiger partial charge is 0.251 e. The van der Waals surface area contributed by atoms with Crippen molar-refractivity contribution in [2.45, 2.75) is 52.6 Å². The first-order valence-corrected chi connectivity index (χ1v) is 11.4. The molecule has 4 heteroatoms. The molecule has 1 unspecified atom stereocenters. The van der Waals surface area contributed by atoms with Gasteiger partial charge >= 0.3 is 0 Å². The average molecular weight is 423 g/mol. The predicted molar refractivity (Wildman–Crippen MR) is 129 cm³/mol. The first-order chi connectivity index (χ1) is 14.6. The zero-order valence-corrected chi connectivity index (χ0v) is 20.0. The van der Waals surface area contributed by atoms with Crippen LogP contribution in [0.25, 0.3) is 11.1 Å². The molecule has 1 atom stereocenters. The summed E-state index contributed by atoms with van der Waals surface area (Å²) in [6.45, 7) is 10.4. The van der Waals surface area contributed by atoms with Crippen LogP contribution in [-0.2, 0) is 0 Å². The van der Waals surface area contributed by atoms with Crippen molar-refractivity contribution in [1.82, 2.24) is 10.2 Å². The minimum Gasteiger partial charge on any atom is -0.487 e. The van der Waals surface area contributed by atoms with E-state index in [0.29, 0.717) is 16.9 Å². The van der Waals surface area contributed by atoms with Gasteiger partial charge in [-0.2, -0.15) is 0 Å². The minimum atomic E-state index is -0.256. The number of rotatable bonds is 8.